The van der Waals surface area contributed by atoms with Gasteiger partial charge in [-0.3, -0.25) is 9.36 Å². The van der Waals surface area contributed by atoms with E-state index in [4.69, 9.17) is 0 Å². The van der Waals surface area contributed by atoms with Gasteiger partial charge in [-0.2, -0.15) is 0 Å². The molecule has 0 amide bonds. The summed E-state index contributed by atoms with van der Waals surface area (Å²) in [6.07, 6.45) is 0. The molecule has 5 nitrogen and oxygen atoms in total. The van der Waals surface area contributed by atoms with Gasteiger partial charge >= 0.3 is 4.87 Å². The molecule has 1 aromatic heterocycles. The molecule has 0 aliphatic rings. The lowest BCUT2D eigenvalue weighted by molar-refractivity contribution is 0.476. The average molecular weight is 328 g/mol. The molecule has 116 valence electrons. The Labute approximate surface area is 128 Å². The van der Waals surface area contributed by atoms with Gasteiger partial charge in [-0.1, -0.05) is 25.2 Å². The Morgan fingerprint density at radius 1 is 1.29 bits per heavy atom. The first-order valence-corrected chi connectivity index (χ1v) is 9.22. The highest BCUT2D eigenvalue weighted by Crippen LogP contribution is 2.22. The molecule has 0 aliphatic heterocycles. The fourth-order valence-electron chi connectivity index (χ4n) is 1.96. The predicted molar refractivity (Wildman–Crippen MR) is 86.4 cm³/mol. The van der Waals surface area contributed by atoms with Gasteiger partial charge in [0.2, 0.25) is 10.0 Å². The third-order valence-corrected chi connectivity index (χ3v) is 6.11. The first kappa shape index (κ1) is 16.2. The van der Waals surface area contributed by atoms with Crippen LogP contribution in [0.25, 0.3) is 10.2 Å². The number of sulfonamides is 1. The van der Waals surface area contributed by atoms with Crippen molar-refractivity contribution in [3.05, 3.63) is 27.9 Å². The summed E-state index contributed by atoms with van der Waals surface area (Å²) >= 11 is 1.07. The summed E-state index contributed by atoms with van der Waals surface area (Å²) < 4.78 is 29.7. The SMILES string of the molecule is CCn1c(=O)sc2cc(S(=O)(=O)N[C@H](C)C(C)C)ccc21. The number of hydrogen-bond acceptors (Lipinski definition) is 4. The van der Waals surface area contributed by atoms with E-state index in [0.717, 1.165) is 16.9 Å². The number of nitrogens with zero attached hydrogens (tertiary/aromatic N) is 1. The second kappa shape index (κ2) is 5.90. The Bertz CT molecular complexity index is 803. The van der Waals surface area contributed by atoms with E-state index in [1.165, 1.54) is 0 Å². The summed E-state index contributed by atoms with van der Waals surface area (Å²) in [4.78, 5) is 12.0. The van der Waals surface area contributed by atoms with Crippen LogP contribution >= 0.6 is 11.3 Å². The number of nitrogens with one attached hydrogen (secondary N) is 1. The quantitative estimate of drug-likeness (QED) is 0.916. The van der Waals surface area contributed by atoms with Crippen molar-refractivity contribution in [2.45, 2.75) is 45.2 Å². The van der Waals surface area contributed by atoms with E-state index in [2.05, 4.69) is 4.72 Å². The molecule has 2 aromatic rings. The summed E-state index contributed by atoms with van der Waals surface area (Å²) in [6.45, 7) is 8.23. The molecule has 1 N–H and O–H groups in total. The van der Waals surface area contributed by atoms with E-state index in [9.17, 15) is 13.2 Å². The van der Waals surface area contributed by atoms with Crippen molar-refractivity contribution in [3.63, 3.8) is 0 Å². The molecular formula is C14H20N2O3S2. The normalized spacial score (nSPS) is 14.0. The maximum absolute atomic E-state index is 12.4. The van der Waals surface area contributed by atoms with Crippen molar-refractivity contribution in [1.29, 1.82) is 0 Å². The zero-order chi connectivity index (χ0) is 15.8. The number of hydrogen-bond donors (Lipinski definition) is 1. The Hall–Kier alpha value is -1.18. The summed E-state index contributed by atoms with van der Waals surface area (Å²) in [5.74, 6) is 0.209. The van der Waals surface area contributed by atoms with Gasteiger partial charge in [0.25, 0.3) is 0 Å². The fraction of sp³-hybridized carbons (Fsp3) is 0.500. The lowest BCUT2D eigenvalue weighted by atomic mass is 10.1. The van der Waals surface area contributed by atoms with Crippen LogP contribution in [0.2, 0.25) is 0 Å². The maximum atomic E-state index is 12.4. The van der Waals surface area contributed by atoms with Crippen molar-refractivity contribution in [2.24, 2.45) is 5.92 Å². The van der Waals surface area contributed by atoms with Crippen LogP contribution in [0.5, 0.6) is 0 Å². The summed E-state index contributed by atoms with van der Waals surface area (Å²) in [6, 6.07) is 4.68. The standard InChI is InChI=1S/C14H20N2O3S2/c1-5-16-12-7-6-11(8-13(12)20-14(16)17)21(18,19)15-10(4)9(2)3/h6-10,15H,5H2,1-4H3/t10-/m1/s1. The predicted octanol–water partition coefficient (Wildman–Crippen LogP) is 2.41. The molecule has 21 heavy (non-hydrogen) atoms. The Balaban J connectivity index is 2.46. The van der Waals surface area contributed by atoms with Gasteiger partial charge < -0.3 is 0 Å². The van der Waals surface area contributed by atoms with Crippen molar-refractivity contribution in [3.8, 4) is 0 Å². The van der Waals surface area contributed by atoms with Crippen molar-refractivity contribution in [2.75, 3.05) is 0 Å². The van der Waals surface area contributed by atoms with Gasteiger partial charge in [-0.25, -0.2) is 13.1 Å². The van der Waals surface area contributed by atoms with Gasteiger partial charge in [-0.15, -0.1) is 0 Å². The van der Waals surface area contributed by atoms with Gasteiger partial charge in [0.15, 0.2) is 0 Å². The van der Waals surface area contributed by atoms with E-state index in [1.807, 2.05) is 27.7 Å². The Morgan fingerprint density at radius 2 is 1.95 bits per heavy atom. The van der Waals surface area contributed by atoms with Crippen LogP contribution in [0.3, 0.4) is 0 Å². The van der Waals surface area contributed by atoms with Crippen LogP contribution in [-0.4, -0.2) is 19.0 Å². The average Bonchev–Trinajstić information content (AvgIpc) is 2.72. The minimum atomic E-state index is -3.56. The monoisotopic (exact) mass is 328 g/mol. The third-order valence-electron chi connectivity index (χ3n) is 3.61. The topological polar surface area (TPSA) is 68.2 Å². The van der Waals surface area contributed by atoms with Crippen LogP contribution in [0, 0.1) is 5.92 Å². The summed E-state index contributed by atoms with van der Waals surface area (Å²) in [7, 11) is -3.56. The van der Waals surface area contributed by atoms with Crippen LogP contribution in [0.4, 0.5) is 0 Å². The molecule has 0 fully saturated rings. The Morgan fingerprint density at radius 3 is 2.52 bits per heavy atom. The van der Waals surface area contributed by atoms with E-state index in [-0.39, 0.29) is 21.7 Å². The molecule has 2 rings (SSSR count). The number of thiazole rings is 1. The van der Waals surface area contributed by atoms with Crippen molar-refractivity contribution in [1.82, 2.24) is 9.29 Å². The van der Waals surface area contributed by atoms with Crippen LogP contribution < -0.4 is 9.60 Å². The first-order valence-electron chi connectivity index (χ1n) is 6.92. The third kappa shape index (κ3) is 3.20. The number of rotatable bonds is 5. The largest absolute Gasteiger partial charge is 0.308 e. The smallest absolute Gasteiger partial charge is 0.299 e. The molecular weight excluding hydrogens is 308 g/mol. The second-order valence-electron chi connectivity index (χ2n) is 5.40. The highest BCUT2D eigenvalue weighted by Gasteiger charge is 2.20. The second-order valence-corrected chi connectivity index (χ2v) is 8.10. The molecule has 7 heteroatoms. The number of fused-ring (bicyclic) bond motifs is 1. The van der Waals surface area contributed by atoms with Gasteiger partial charge in [-0.05, 0) is 38.0 Å². The van der Waals surface area contributed by atoms with Crippen LogP contribution in [0.15, 0.2) is 27.9 Å². The molecule has 1 aromatic carbocycles. The molecule has 0 unspecified atom stereocenters. The van der Waals surface area contributed by atoms with Crippen LogP contribution in [-0.2, 0) is 16.6 Å². The molecule has 0 radical (unpaired) electrons. The van der Waals surface area contributed by atoms with Crippen LogP contribution in [0.1, 0.15) is 27.7 Å². The summed E-state index contributed by atoms with van der Waals surface area (Å²) in [5, 5.41) is 0. The van der Waals surface area contributed by atoms with E-state index >= 15 is 0 Å². The lowest BCUT2D eigenvalue weighted by Gasteiger charge is -2.17. The minimum absolute atomic E-state index is 0.0643. The molecule has 0 spiro atoms. The summed E-state index contributed by atoms with van der Waals surface area (Å²) in [5.41, 5.74) is 0.781. The molecule has 0 saturated heterocycles. The lowest BCUT2D eigenvalue weighted by Crippen LogP contribution is -2.36. The van der Waals surface area contributed by atoms with Crippen molar-refractivity contribution < 1.29 is 8.42 Å². The minimum Gasteiger partial charge on any atom is -0.299 e. The number of aryl methyl sites for hydroxylation is 1. The number of benzene rings is 1. The molecule has 0 bridgehead atoms. The first-order chi connectivity index (χ1) is 9.76. The van der Waals surface area contributed by atoms with E-state index in [1.54, 1.807) is 22.8 Å². The molecule has 0 aliphatic carbocycles. The molecule has 1 atom stereocenters. The van der Waals surface area contributed by atoms with E-state index < -0.39 is 10.0 Å². The zero-order valence-electron chi connectivity index (χ0n) is 12.6. The molecule has 1 heterocycles. The van der Waals surface area contributed by atoms with Gasteiger partial charge in [0.1, 0.15) is 0 Å². The van der Waals surface area contributed by atoms with Crippen molar-refractivity contribution >= 4 is 31.6 Å². The zero-order valence-corrected chi connectivity index (χ0v) is 14.2. The highest BCUT2D eigenvalue weighted by atomic mass is 32.2. The fourth-order valence-corrected chi connectivity index (χ4v) is 4.45. The maximum Gasteiger partial charge on any atom is 0.308 e. The molecule has 0 saturated carbocycles. The van der Waals surface area contributed by atoms with Gasteiger partial charge in [0.05, 0.1) is 15.1 Å². The van der Waals surface area contributed by atoms with E-state index in [0.29, 0.717) is 11.2 Å². The Kier molecular flexibility index (Phi) is 4.55. The highest BCUT2D eigenvalue weighted by molar-refractivity contribution is 7.89. The van der Waals surface area contributed by atoms with Gasteiger partial charge in [0, 0.05) is 12.6 Å². The number of aromatic nitrogens is 1.